The number of rotatable bonds is 4. The van der Waals surface area contributed by atoms with Gasteiger partial charge in [0.15, 0.2) is 0 Å². The second-order valence-corrected chi connectivity index (χ2v) is 2.93. The van der Waals surface area contributed by atoms with E-state index < -0.39 is 11.8 Å². The van der Waals surface area contributed by atoms with Gasteiger partial charge in [-0.3, -0.25) is 4.79 Å². The van der Waals surface area contributed by atoms with Crippen molar-refractivity contribution in [1.29, 1.82) is 0 Å². The second-order valence-electron chi connectivity index (χ2n) is 2.93. The molecule has 3 N–H and O–H groups in total. The van der Waals surface area contributed by atoms with Crippen LogP contribution in [0.5, 0.6) is 0 Å². The minimum absolute atomic E-state index is 0.0802. The number of aliphatic carboxylic acids is 1. The third-order valence-corrected chi connectivity index (χ3v) is 1.83. The van der Waals surface area contributed by atoms with Gasteiger partial charge >= 0.3 is 5.97 Å². The van der Waals surface area contributed by atoms with Gasteiger partial charge < -0.3 is 10.8 Å². The van der Waals surface area contributed by atoms with Gasteiger partial charge in [-0.1, -0.05) is 24.3 Å². The maximum Gasteiger partial charge on any atom is 0.372 e. The lowest BCUT2D eigenvalue weighted by atomic mass is 10.1. The van der Waals surface area contributed by atoms with Crippen molar-refractivity contribution < 1.29 is 14.7 Å². The highest BCUT2D eigenvalue weighted by atomic mass is 16.4. The van der Waals surface area contributed by atoms with Crippen molar-refractivity contribution in [2.24, 2.45) is 5.73 Å². The Bertz CT molecular complexity index is 360. The van der Waals surface area contributed by atoms with Crippen molar-refractivity contribution >= 4 is 11.8 Å². The highest BCUT2D eigenvalue weighted by Gasteiger charge is 2.11. The van der Waals surface area contributed by atoms with E-state index in [2.05, 4.69) is 0 Å². The molecule has 0 heterocycles. The molecule has 0 aliphatic rings. The van der Waals surface area contributed by atoms with Crippen molar-refractivity contribution in [3.05, 3.63) is 35.4 Å². The van der Waals surface area contributed by atoms with Crippen molar-refractivity contribution in [3.8, 4) is 0 Å². The fourth-order valence-corrected chi connectivity index (χ4v) is 1.13. The van der Waals surface area contributed by atoms with E-state index in [1.807, 2.05) is 6.07 Å². The van der Waals surface area contributed by atoms with Crippen molar-refractivity contribution in [2.45, 2.75) is 13.0 Å². The molecule has 4 nitrogen and oxygen atoms in total. The van der Waals surface area contributed by atoms with Gasteiger partial charge in [-0.2, -0.15) is 0 Å². The molecule has 0 bridgehead atoms. The van der Waals surface area contributed by atoms with Crippen LogP contribution in [0.15, 0.2) is 24.3 Å². The monoisotopic (exact) mass is 193 g/mol. The standard InChI is InChI=1S/C10H11NO3/c11-6-8-3-1-2-7(4-8)5-9(12)10(13)14/h1-4H,5-6,11H2,(H,13,14). The fraction of sp³-hybridized carbons (Fsp3) is 0.200. The van der Waals surface area contributed by atoms with E-state index in [0.717, 1.165) is 5.56 Å². The summed E-state index contributed by atoms with van der Waals surface area (Å²) in [4.78, 5) is 21.2. The number of carboxylic acid groups (broad SMARTS) is 1. The third-order valence-electron chi connectivity index (χ3n) is 1.83. The summed E-state index contributed by atoms with van der Waals surface area (Å²) in [6, 6.07) is 7.03. The van der Waals surface area contributed by atoms with Crippen molar-refractivity contribution in [2.75, 3.05) is 0 Å². The van der Waals surface area contributed by atoms with Crippen LogP contribution < -0.4 is 5.73 Å². The summed E-state index contributed by atoms with van der Waals surface area (Å²) in [6.45, 7) is 0.384. The van der Waals surface area contributed by atoms with E-state index in [1.54, 1.807) is 18.2 Å². The summed E-state index contributed by atoms with van der Waals surface area (Å²) in [7, 11) is 0. The Kier molecular flexibility index (Phi) is 3.36. The minimum Gasteiger partial charge on any atom is -0.475 e. The molecule has 0 spiro atoms. The summed E-state index contributed by atoms with van der Waals surface area (Å²) in [5.41, 5.74) is 6.98. The molecule has 1 aromatic rings. The zero-order valence-electron chi connectivity index (χ0n) is 7.56. The summed E-state index contributed by atoms with van der Waals surface area (Å²) >= 11 is 0. The molecule has 74 valence electrons. The van der Waals surface area contributed by atoms with Crippen LogP contribution in [0.2, 0.25) is 0 Å². The van der Waals surface area contributed by atoms with E-state index in [4.69, 9.17) is 10.8 Å². The number of ketones is 1. The quantitative estimate of drug-likeness (QED) is 0.676. The molecule has 0 unspecified atom stereocenters. The number of hydrogen-bond donors (Lipinski definition) is 2. The number of carbonyl (C=O) groups excluding carboxylic acids is 1. The summed E-state index contributed by atoms with van der Waals surface area (Å²) in [6.07, 6.45) is -0.0802. The first kappa shape index (κ1) is 10.4. The number of carboxylic acids is 1. The Balaban J connectivity index is 2.76. The molecule has 0 fully saturated rings. The molecule has 0 aromatic heterocycles. The largest absolute Gasteiger partial charge is 0.475 e. The first-order chi connectivity index (χ1) is 6.63. The van der Waals surface area contributed by atoms with Gasteiger partial charge in [0.1, 0.15) is 0 Å². The number of benzene rings is 1. The molecule has 0 aliphatic heterocycles. The van der Waals surface area contributed by atoms with Gasteiger partial charge in [0.05, 0.1) is 0 Å². The van der Waals surface area contributed by atoms with Gasteiger partial charge in [0.25, 0.3) is 0 Å². The van der Waals surface area contributed by atoms with E-state index in [1.165, 1.54) is 0 Å². The molecule has 1 aromatic carbocycles. The van der Waals surface area contributed by atoms with E-state index in [0.29, 0.717) is 12.1 Å². The lowest BCUT2D eigenvalue weighted by molar-refractivity contribution is -0.148. The van der Waals surface area contributed by atoms with E-state index in [9.17, 15) is 9.59 Å². The average molecular weight is 193 g/mol. The lowest BCUT2D eigenvalue weighted by Gasteiger charge is -2.00. The maximum atomic E-state index is 10.9. The number of hydrogen-bond acceptors (Lipinski definition) is 3. The zero-order valence-corrected chi connectivity index (χ0v) is 7.56. The first-order valence-corrected chi connectivity index (χ1v) is 4.17. The highest BCUT2D eigenvalue weighted by Crippen LogP contribution is 2.05. The fourth-order valence-electron chi connectivity index (χ4n) is 1.13. The van der Waals surface area contributed by atoms with Gasteiger partial charge in [-0.25, -0.2) is 4.79 Å². The minimum atomic E-state index is -1.40. The number of Topliss-reactive ketones (excluding diaryl/α,β-unsaturated/α-hetero) is 1. The van der Waals surface area contributed by atoms with Gasteiger partial charge in [-0.15, -0.1) is 0 Å². The third kappa shape index (κ3) is 2.67. The number of carbonyl (C=O) groups is 2. The Morgan fingerprint density at radius 2 is 1.93 bits per heavy atom. The SMILES string of the molecule is NCc1cccc(CC(=O)C(=O)O)c1. The lowest BCUT2D eigenvalue weighted by Crippen LogP contribution is -2.15. The number of nitrogens with two attached hydrogens (primary N) is 1. The first-order valence-electron chi connectivity index (χ1n) is 4.17. The molecule has 0 radical (unpaired) electrons. The molecule has 14 heavy (non-hydrogen) atoms. The van der Waals surface area contributed by atoms with Crippen LogP contribution in [0.1, 0.15) is 11.1 Å². The Labute approximate surface area is 81.3 Å². The Hall–Kier alpha value is -1.68. The average Bonchev–Trinajstić information content (AvgIpc) is 2.18. The van der Waals surface area contributed by atoms with Crippen LogP contribution in [0, 0.1) is 0 Å². The normalized spacial score (nSPS) is 9.79. The van der Waals surface area contributed by atoms with Crippen LogP contribution >= 0.6 is 0 Å². The van der Waals surface area contributed by atoms with Crippen molar-refractivity contribution in [1.82, 2.24) is 0 Å². The van der Waals surface area contributed by atoms with Crippen LogP contribution in [0.25, 0.3) is 0 Å². The molecule has 4 heteroatoms. The molecule has 1 rings (SSSR count). The molecule has 0 aliphatic carbocycles. The van der Waals surface area contributed by atoms with Crippen LogP contribution in [0.4, 0.5) is 0 Å². The molecule has 0 saturated heterocycles. The van der Waals surface area contributed by atoms with Gasteiger partial charge in [0.2, 0.25) is 5.78 Å². The smallest absolute Gasteiger partial charge is 0.372 e. The predicted octanol–water partition coefficient (Wildman–Crippen LogP) is 0.341. The van der Waals surface area contributed by atoms with E-state index >= 15 is 0 Å². The predicted molar refractivity (Wildman–Crippen MR) is 50.7 cm³/mol. The molecular weight excluding hydrogens is 182 g/mol. The second kappa shape index (κ2) is 4.53. The van der Waals surface area contributed by atoms with E-state index in [-0.39, 0.29) is 6.42 Å². The van der Waals surface area contributed by atoms with Crippen molar-refractivity contribution in [3.63, 3.8) is 0 Å². The highest BCUT2D eigenvalue weighted by molar-refractivity contribution is 6.33. The molecule has 0 amide bonds. The van der Waals surface area contributed by atoms with Crippen LogP contribution in [0.3, 0.4) is 0 Å². The van der Waals surface area contributed by atoms with Gasteiger partial charge in [-0.05, 0) is 11.1 Å². The maximum absolute atomic E-state index is 10.9. The topological polar surface area (TPSA) is 80.4 Å². The Morgan fingerprint density at radius 3 is 2.50 bits per heavy atom. The molecule has 0 saturated carbocycles. The summed E-state index contributed by atoms with van der Waals surface area (Å²) in [5, 5.41) is 8.40. The summed E-state index contributed by atoms with van der Waals surface area (Å²) in [5.74, 6) is -2.21. The molecule has 0 atom stereocenters. The molecular formula is C10H11NO3. The zero-order chi connectivity index (χ0) is 10.6. The van der Waals surface area contributed by atoms with Crippen LogP contribution in [-0.4, -0.2) is 16.9 Å². The summed E-state index contributed by atoms with van der Waals surface area (Å²) < 4.78 is 0. The Morgan fingerprint density at radius 1 is 1.29 bits per heavy atom. The van der Waals surface area contributed by atoms with Gasteiger partial charge in [0, 0.05) is 13.0 Å². The van der Waals surface area contributed by atoms with Crippen LogP contribution in [-0.2, 0) is 22.6 Å².